The van der Waals surface area contributed by atoms with Crippen molar-refractivity contribution in [3.63, 3.8) is 0 Å². The lowest BCUT2D eigenvalue weighted by molar-refractivity contribution is -0.116. The quantitative estimate of drug-likeness (QED) is 0.647. The minimum absolute atomic E-state index is 0.150. The van der Waals surface area contributed by atoms with Gasteiger partial charge in [0.25, 0.3) is 5.91 Å². The first kappa shape index (κ1) is 20.3. The van der Waals surface area contributed by atoms with Crippen LogP contribution in [0.1, 0.15) is 30.6 Å². The molecule has 1 heterocycles. The van der Waals surface area contributed by atoms with Crippen molar-refractivity contribution in [3.05, 3.63) is 70.5 Å². The van der Waals surface area contributed by atoms with Crippen molar-refractivity contribution in [2.75, 3.05) is 11.9 Å². The van der Waals surface area contributed by atoms with E-state index in [1.54, 1.807) is 47.1 Å². The van der Waals surface area contributed by atoms with E-state index in [1.165, 1.54) is 6.20 Å². The van der Waals surface area contributed by atoms with Crippen LogP contribution in [-0.2, 0) is 11.3 Å². The van der Waals surface area contributed by atoms with Crippen molar-refractivity contribution in [3.8, 4) is 0 Å². The van der Waals surface area contributed by atoms with Gasteiger partial charge in [-0.1, -0.05) is 38.1 Å². The number of amides is 2. The second-order valence-electron chi connectivity index (χ2n) is 7.20. The monoisotopic (exact) mass is 392 g/mol. The fraction of sp³-hybridized carbons (Fsp3) is 0.273. The molecular formula is C22H24N4O3. The maximum Gasteiger partial charge on any atom is 0.253 e. The first-order chi connectivity index (χ1) is 14.0. The Bertz CT molecular complexity index is 1090. The molecule has 0 atom stereocenters. The molecule has 0 bridgehead atoms. The number of benzene rings is 2. The summed E-state index contributed by atoms with van der Waals surface area (Å²) in [6, 6.07) is 14.1. The van der Waals surface area contributed by atoms with Gasteiger partial charge >= 0.3 is 0 Å². The van der Waals surface area contributed by atoms with Crippen LogP contribution in [0.15, 0.2) is 59.5 Å². The van der Waals surface area contributed by atoms with E-state index < -0.39 is 0 Å². The predicted octanol–water partition coefficient (Wildman–Crippen LogP) is 2.81. The van der Waals surface area contributed by atoms with Crippen molar-refractivity contribution in [2.45, 2.75) is 26.8 Å². The molecule has 7 nitrogen and oxygen atoms in total. The summed E-state index contributed by atoms with van der Waals surface area (Å²) in [6.45, 7) is 4.91. The molecule has 2 N–H and O–H groups in total. The Hall–Kier alpha value is -3.48. The number of nitrogens with one attached hydrogen (secondary N) is 2. The summed E-state index contributed by atoms with van der Waals surface area (Å²) in [5, 5.41) is 10.4. The summed E-state index contributed by atoms with van der Waals surface area (Å²) in [5.74, 6) is -0.123. The van der Waals surface area contributed by atoms with Gasteiger partial charge in [0.2, 0.25) is 11.3 Å². The number of hydrogen-bond acceptors (Lipinski definition) is 4. The number of carbonyl (C=O) groups is 2. The topological polar surface area (TPSA) is 93.1 Å². The molecule has 0 saturated carbocycles. The molecule has 150 valence electrons. The SMILES string of the molecule is CC(C)CNC(=O)c1ccccc1NC(=O)CCn1ncc(=O)c2ccccc21. The van der Waals surface area contributed by atoms with Crippen molar-refractivity contribution < 1.29 is 9.59 Å². The lowest BCUT2D eigenvalue weighted by Gasteiger charge is -2.13. The van der Waals surface area contributed by atoms with Crippen LogP contribution in [0.2, 0.25) is 0 Å². The lowest BCUT2D eigenvalue weighted by Crippen LogP contribution is -2.28. The van der Waals surface area contributed by atoms with Gasteiger partial charge in [-0.2, -0.15) is 5.10 Å². The number of aromatic nitrogens is 2. The van der Waals surface area contributed by atoms with Crippen LogP contribution in [0.25, 0.3) is 10.9 Å². The molecule has 0 spiro atoms. The van der Waals surface area contributed by atoms with Gasteiger partial charge in [-0.3, -0.25) is 19.1 Å². The van der Waals surface area contributed by atoms with Gasteiger partial charge in [0.15, 0.2) is 0 Å². The summed E-state index contributed by atoms with van der Waals surface area (Å²) in [6.07, 6.45) is 1.41. The summed E-state index contributed by atoms with van der Waals surface area (Å²) < 4.78 is 1.64. The molecular weight excluding hydrogens is 368 g/mol. The second kappa shape index (κ2) is 9.14. The number of rotatable bonds is 7. The van der Waals surface area contributed by atoms with E-state index in [4.69, 9.17) is 0 Å². The van der Waals surface area contributed by atoms with Crippen molar-refractivity contribution in [1.29, 1.82) is 0 Å². The third-order valence-electron chi connectivity index (χ3n) is 4.43. The third kappa shape index (κ3) is 5.07. The van der Waals surface area contributed by atoms with Crippen LogP contribution < -0.4 is 16.1 Å². The highest BCUT2D eigenvalue weighted by Gasteiger charge is 2.13. The number of fused-ring (bicyclic) bond motifs is 1. The molecule has 0 aliphatic carbocycles. The number of nitrogens with zero attached hydrogens (tertiary/aromatic N) is 2. The first-order valence-electron chi connectivity index (χ1n) is 9.57. The molecule has 2 amide bonds. The normalized spacial score (nSPS) is 10.9. The van der Waals surface area contributed by atoms with E-state index >= 15 is 0 Å². The highest BCUT2D eigenvalue weighted by atomic mass is 16.2. The van der Waals surface area contributed by atoms with E-state index in [2.05, 4.69) is 15.7 Å². The van der Waals surface area contributed by atoms with Crippen LogP contribution in [0, 0.1) is 5.92 Å². The minimum atomic E-state index is -0.237. The second-order valence-corrected chi connectivity index (χ2v) is 7.20. The Morgan fingerprint density at radius 3 is 2.59 bits per heavy atom. The van der Waals surface area contributed by atoms with Gasteiger partial charge in [-0.15, -0.1) is 0 Å². The average Bonchev–Trinajstić information content (AvgIpc) is 2.72. The lowest BCUT2D eigenvalue weighted by atomic mass is 10.1. The van der Waals surface area contributed by atoms with Gasteiger partial charge in [0.05, 0.1) is 29.5 Å². The molecule has 29 heavy (non-hydrogen) atoms. The number of aryl methyl sites for hydroxylation is 1. The highest BCUT2D eigenvalue weighted by Crippen LogP contribution is 2.16. The standard InChI is InChI=1S/C22H24N4O3/c1-15(2)13-23-22(29)16-7-3-5-9-18(16)25-21(28)11-12-26-19-10-6-4-8-17(19)20(27)14-24-26/h3-10,14-15H,11-13H2,1-2H3,(H,23,29)(H,25,28). The molecule has 3 rings (SSSR count). The Balaban J connectivity index is 1.69. The summed E-state index contributed by atoms with van der Waals surface area (Å²) >= 11 is 0. The van der Waals surface area contributed by atoms with E-state index in [0.29, 0.717) is 41.2 Å². The minimum Gasteiger partial charge on any atom is -0.352 e. The Labute approximate surface area is 168 Å². The van der Waals surface area contributed by atoms with Crippen molar-refractivity contribution in [2.24, 2.45) is 5.92 Å². The maximum atomic E-state index is 12.5. The molecule has 0 saturated heterocycles. The largest absolute Gasteiger partial charge is 0.352 e. The zero-order valence-electron chi connectivity index (χ0n) is 16.5. The zero-order chi connectivity index (χ0) is 20.8. The Morgan fingerprint density at radius 2 is 1.79 bits per heavy atom. The van der Waals surface area contributed by atoms with Gasteiger partial charge in [0, 0.05) is 18.4 Å². The smallest absolute Gasteiger partial charge is 0.253 e. The van der Waals surface area contributed by atoms with Crippen LogP contribution in [0.5, 0.6) is 0 Å². The van der Waals surface area contributed by atoms with Crippen LogP contribution >= 0.6 is 0 Å². The number of anilines is 1. The Morgan fingerprint density at radius 1 is 1.07 bits per heavy atom. The van der Waals surface area contributed by atoms with Crippen LogP contribution in [-0.4, -0.2) is 28.1 Å². The number of carbonyl (C=O) groups excluding carboxylic acids is 2. The Kier molecular flexibility index (Phi) is 6.39. The van der Waals surface area contributed by atoms with Gasteiger partial charge in [0.1, 0.15) is 0 Å². The van der Waals surface area contributed by atoms with Gasteiger partial charge in [-0.25, -0.2) is 0 Å². The zero-order valence-corrected chi connectivity index (χ0v) is 16.5. The van der Waals surface area contributed by atoms with Crippen LogP contribution in [0.3, 0.4) is 0 Å². The summed E-state index contributed by atoms with van der Waals surface area (Å²) in [5.41, 5.74) is 1.42. The average molecular weight is 392 g/mol. The molecule has 2 aromatic carbocycles. The maximum absolute atomic E-state index is 12.5. The number of para-hydroxylation sites is 2. The highest BCUT2D eigenvalue weighted by molar-refractivity contribution is 6.03. The third-order valence-corrected chi connectivity index (χ3v) is 4.43. The van der Waals surface area contributed by atoms with Crippen molar-refractivity contribution >= 4 is 28.4 Å². The van der Waals surface area contributed by atoms with Gasteiger partial charge < -0.3 is 10.6 Å². The molecule has 0 radical (unpaired) electrons. The van der Waals surface area contributed by atoms with E-state index in [1.807, 2.05) is 19.9 Å². The molecule has 0 fully saturated rings. The summed E-state index contributed by atoms with van der Waals surface area (Å²) in [4.78, 5) is 36.8. The van der Waals surface area contributed by atoms with E-state index in [9.17, 15) is 14.4 Å². The van der Waals surface area contributed by atoms with Gasteiger partial charge in [-0.05, 0) is 30.2 Å². The van der Waals surface area contributed by atoms with Crippen molar-refractivity contribution in [1.82, 2.24) is 15.1 Å². The predicted molar refractivity (Wildman–Crippen MR) is 113 cm³/mol. The molecule has 0 unspecified atom stereocenters. The molecule has 1 aromatic heterocycles. The first-order valence-corrected chi connectivity index (χ1v) is 9.57. The molecule has 3 aromatic rings. The van der Waals surface area contributed by atoms with E-state index in [0.717, 1.165) is 0 Å². The molecule has 0 aliphatic heterocycles. The fourth-order valence-electron chi connectivity index (χ4n) is 2.94. The molecule has 0 aliphatic rings. The van der Waals surface area contributed by atoms with E-state index in [-0.39, 0.29) is 23.7 Å². The van der Waals surface area contributed by atoms with Crippen LogP contribution in [0.4, 0.5) is 5.69 Å². The summed E-state index contributed by atoms with van der Waals surface area (Å²) in [7, 11) is 0. The number of hydrogen-bond donors (Lipinski definition) is 2. The fourth-order valence-corrected chi connectivity index (χ4v) is 2.94. The molecule has 7 heteroatoms.